The Kier molecular flexibility index (Phi) is 3.82. The van der Waals surface area contributed by atoms with Crippen molar-refractivity contribution in [2.75, 3.05) is 0 Å². The molecule has 0 spiro atoms. The Morgan fingerprint density at radius 2 is 2.12 bits per heavy atom. The van der Waals surface area contributed by atoms with Gasteiger partial charge in [-0.25, -0.2) is 4.98 Å². The molecule has 0 aliphatic carbocycles. The van der Waals surface area contributed by atoms with Crippen LogP contribution in [0.2, 0.25) is 5.02 Å². The maximum atomic E-state index is 10.1. The van der Waals surface area contributed by atoms with Crippen LogP contribution < -0.4 is 0 Å². The first-order valence-corrected chi connectivity index (χ1v) is 6.66. The second-order valence-electron chi connectivity index (χ2n) is 4.14. The number of rotatable bonds is 3. The van der Waals surface area contributed by atoms with Crippen LogP contribution in [0.3, 0.4) is 0 Å². The van der Waals surface area contributed by atoms with Crippen molar-refractivity contribution in [3.8, 4) is 0 Å². The van der Waals surface area contributed by atoms with Crippen molar-refractivity contribution in [1.82, 2.24) is 4.98 Å². The minimum Gasteiger partial charge on any atom is -0.388 e. The van der Waals surface area contributed by atoms with Gasteiger partial charge in [0.2, 0.25) is 0 Å². The van der Waals surface area contributed by atoms with Crippen LogP contribution in [0, 0.1) is 13.8 Å². The van der Waals surface area contributed by atoms with Crippen molar-refractivity contribution >= 4 is 22.9 Å². The molecule has 1 atom stereocenters. The lowest BCUT2D eigenvalue weighted by Gasteiger charge is -2.10. The Bertz CT molecular complexity index is 504. The van der Waals surface area contributed by atoms with Crippen molar-refractivity contribution < 1.29 is 5.11 Å². The van der Waals surface area contributed by atoms with E-state index in [1.54, 1.807) is 17.4 Å². The molecule has 1 N–H and O–H groups in total. The summed E-state index contributed by atoms with van der Waals surface area (Å²) < 4.78 is 0. The summed E-state index contributed by atoms with van der Waals surface area (Å²) in [6.45, 7) is 3.93. The van der Waals surface area contributed by atoms with Gasteiger partial charge in [0.05, 0.1) is 16.8 Å². The molecule has 0 radical (unpaired) electrons. The zero-order chi connectivity index (χ0) is 12.4. The number of aliphatic hydroxyl groups excluding tert-OH is 1. The fraction of sp³-hybridized carbons (Fsp3) is 0.308. The number of aromatic nitrogens is 1. The first kappa shape index (κ1) is 12.6. The average Bonchev–Trinajstić information content (AvgIpc) is 2.62. The topological polar surface area (TPSA) is 33.1 Å². The van der Waals surface area contributed by atoms with Crippen LogP contribution in [0.1, 0.15) is 27.9 Å². The van der Waals surface area contributed by atoms with Crippen LogP contribution in [-0.2, 0) is 6.42 Å². The normalized spacial score (nSPS) is 12.7. The Morgan fingerprint density at radius 3 is 2.71 bits per heavy atom. The van der Waals surface area contributed by atoms with Gasteiger partial charge >= 0.3 is 0 Å². The molecule has 1 aromatic heterocycles. The summed E-state index contributed by atoms with van der Waals surface area (Å²) in [6.07, 6.45) is -0.0154. The lowest BCUT2D eigenvalue weighted by molar-refractivity contribution is 0.177. The summed E-state index contributed by atoms with van der Waals surface area (Å²) in [5.41, 5.74) is 2.83. The van der Waals surface area contributed by atoms with E-state index in [0.29, 0.717) is 11.4 Å². The first-order chi connectivity index (χ1) is 8.04. The van der Waals surface area contributed by atoms with Crippen LogP contribution in [-0.4, -0.2) is 10.1 Å². The third kappa shape index (κ3) is 3.28. The molecular weight excluding hydrogens is 254 g/mol. The molecule has 2 nitrogen and oxygen atoms in total. The predicted octanol–water partition coefficient (Wildman–Crippen LogP) is 3.69. The molecule has 0 fully saturated rings. The smallest absolute Gasteiger partial charge is 0.0897 e. The van der Waals surface area contributed by atoms with E-state index in [9.17, 15) is 5.11 Å². The summed E-state index contributed by atoms with van der Waals surface area (Å²) in [7, 11) is 0. The highest BCUT2D eigenvalue weighted by molar-refractivity contribution is 7.09. The summed E-state index contributed by atoms with van der Waals surface area (Å²) in [5, 5.41) is 13.8. The molecule has 17 heavy (non-hydrogen) atoms. The van der Waals surface area contributed by atoms with E-state index in [2.05, 4.69) is 4.98 Å². The molecular formula is C13H14ClNOS. The number of hydrogen-bond acceptors (Lipinski definition) is 3. The van der Waals surface area contributed by atoms with Crippen molar-refractivity contribution in [2.45, 2.75) is 26.4 Å². The molecule has 1 unspecified atom stereocenters. The Labute approximate surface area is 110 Å². The van der Waals surface area contributed by atoms with Gasteiger partial charge in [-0.05, 0) is 37.1 Å². The van der Waals surface area contributed by atoms with Gasteiger partial charge in [-0.15, -0.1) is 11.3 Å². The predicted molar refractivity (Wildman–Crippen MR) is 71.7 cm³/mol. The Balaban J connectivity index is 2.16. The summed E-state index contributed by atoms with van der Waals surface area (Å²) in [4.78, 5) is 4.35. The molecule has 1 aromatic carbocycles. The van der Waals surface area contributed by atoms with E-state index >= 15 is 0 Å². The molecule has 2 rings (SSSR count). The van der Waals surface area contributed by atoms with Crippen LogP contribution >= 0.6 is 22.9 Å². The number of hydrogen-bond donors (Lipinski definition) is 1. The highest BCUT2D eigenvalue weighted by Gasteiger charge is 2.11. The van der Waals surface area contributed by atoms with E-state index in [1.807, 2.05) is 31.4 Å². The Morgan fingerprint density at radius 1 is 1.35 bits per heavy atom. The number of thiazole rings is 1. The van der Waals surface area contributed by atoms with Crippen LogP contribution in [0.4, 0.5) is 0 Å². The van der Waals surface area contributed by atoms with Crippen molar-refractivity contribution in [3.63, 3.8) is 0 Å². The monoisotopic (exact) mass is 267 g/mol. The molecule has 0 amide bonds. The van der Waals surface area contributed by atoms with Gasteiger partial charge in [-0.3, -0.25) is 0 Å². The maximum Gasteiger partial charge on any atom is 0.0897 e. The number of halogens is 1. The minimum atomic E-state index is -0.547. The van der Waals surface area contributed by atoms with Crippen LogP contribution in [0.5, 0.6) is 0 Å². The number of benzene rings is 1. The zero-order valence-electron chi connectivity index (χ0n) is 9.77. The number of aryl methyl sites for hydroxylation is 2. The SMILES string of the molecule is Cc1cc(Cl)cc(C(O)Cc2csc(C)n2)c1. The van der Waals surface area contributed by atoms with Gasteiger partial charge < -0.3 is 5.11 Å². The summed E-state index contributed by atoms with van der Waals surface area (Å²) in [6, 6.07) is 5.64. The summed E-state index contributed by atoms with van der Waals surface area (Å²) >= 11 is 7.58. The van der Waals surface area contributed by atoms with Gasteiger partial charge in [0.25, 0.3) is 0 Å². The van der Waals surface area contributed by atoms with E-state index in [0.717, 1.165) is 21.8 Å². The largest absolute Gasteiger partial charge is 0.388 e. The molecule has 0 aliphatic heterocycles. The van der Waals surface area contributed by atoms with E-state index < -0.39 is 6.10 Å². The number of nitrogens with zero attached hydrogens (tertiary/aromatic N) is 1. The second kappa shape index (κ2) is 5.17. The highest BCUT2D eigenvalue weighted by Crippen LogP contribution is 2.23. The van der Waals surface area contributed by atoms with Gasteiger partial charge in [0, 0.05) is 16.8 Å². The van der Waals surface area contributed by atoms with Gasteiger partial charge in [0.15, 0.2) is 0 Å². The second-order valence-corrected chi connectivity index (χ2v) is 5.64. The standard InChI is InChI=1S/C13H14ClNOS/c1-8-3-10(5-11(14)4-8)13(16)6-12-7-17-9(2)15-12/h3-5,7,13,16H,6H2,1-2H3. The lowest BCUT2D eigenvalue weighted by Crippen LogP contribution is -2.02. The summed E-state index contributed by atoms with van der Waals surface area (Å²) in [5.74, 6) is 0. The quantitative estimate of drug-likeness (QED) is 0.920. The highest BCUT2D eigenvalue weighted by atomic mass is 35.5. The van der Waals surface area contributed by atoms with Gasteiger partial charge in [-0.1, -0.05) is 17.7 Å². The van der Waals surface area contributed by atoms with E-state index in [-0.39, 0.29) is 0 Å². The molecule has 1 heterocycles. The fourth-order valence-electron chi connectivity index (χ4n) is 1.77. The molecule has 2 aromatic rings. The molecule has 0 saturated carbocycles. The van der Waals surface area contributed by atoms with E-state index in [1.165, 1.54) is 0 Å². The molecule has 0 bridgehead atoms. The van der Waals surface area contributed by atoms with Crippen molar-refractivity contribution in [2.24, 2.45) is 0 Å². The zero-order valence-corrected chi connectivity index (χ0v) is 11.3. The number of aliphatic hydroxyl groups is 1. The van der Waals surface area contributed by atoms with Crippen molar-refractivity contribution in [3.05, 3.63) is 50.4 Å². The molecule has 4 heteroatoms. The average molecular weight is 268 g/mol. The third-order valence-corrected chi connectivity index (χ3v) is 3.56. The van der Waals surface area contributed by atoms with Crippen molar-refractivity contribution in [1.29, 1.82) is 0 Å². The minimum absolute atomic E-state index is 0.532. The van der Waals surface area contributed by atoms with Gasteiger partial charge in [-0.2, -0.15) is 0 Å². The Hall–Kier alpha value is -0.900. The third-order valence-electron chi connectivity index (χ3n) is 2.52. The van der Waals surface area contributed by atoms with Crippen LogP contribution in [0.15, 0.2) is 23.6 Å². The molecule has 0 aliphatic rings. The molecule has 90 valence electrons. The lowest BCUT2D eigenvalue weighted by atomic mass is 10.0. The fourth-order valence-corrected chi connectivity index (χ4v) is 2.70. The maximum absolute atomic E-state index is 10.1. The molecule has 0 saturated heterocycles. The first-order valence-electron chi connectivity index (χ1n) is 5.41. The van der Waals surface area contributed by atoms with Crippen LogP contribution in [0.25, 0.3) is 0 Å². The van der Waals surface area contributed by atoms with E-state index in [4.69, 9.17) is 11.6 Å². The van der Waals surface area contributed by atoms with Gasteiger partial charge in [0.1, 0.15) is 0 Å².